The van der Waals surface area contributed by atoms with Crippen molar-refractivity contribution in [3.8, 4) is 11.1 Å². The first-order valence-electron chi connectivity index (χ1n) is 10.8. The van der Waals surface area contributed by atoms with Crippen LogP contribution in [0, 0.1) is 5.41 Å². The van der Waals surface area contributed by atoms with Crippen molar-refractivity contribution in [2.45, 2.75) is 33.2 Å². The fraction of sp³-hybridized carbons (Fsp3) is 0.440. The predicted octanol–water partition coefficient (Wildman–Crippen LogP) is 3.45. The molecule has 4 rings (SSSR count). The van der Waals surface area contributed by atoms with Crippen LogP contribution in [0.2, 0.25) is 0 Å². The van der Waals surface area contributed by atoms with E-state index in [4.69, 9.17) is 0 Å². The van der Waals surface area contributed by atoms with Gasteiger partial charge in [0.15, 0.2) is 0 Å². The van der Waals surface area contributed by atoms with Crippen LogP contribution in [0.1, 0.15) is 44.4 Å². The van der Waals surface area contributed by atoms with Crippen molar-refractivity contribution in [1.29, 1.82) is 0 Å². The third kappa shape index (κ3) is 3.99. The van der Waals surface area contributed by atoms with Crippen LogP contribution in [0.15, 0.2) is 48.5 Å². The van der Waals surface area contributed by atoms with Crippen molar-refractivity contribution < 1.29 is 9.59 Å². The highest BCUT2D eigenvalue weighted by molar-refractivity contribution is 5.82. The van der Waals surface area contributed by atoms with Crippen LogP contribution in [-0.2, 0) is 9.59 Å². The molecule has 2 aromatic carbocycles. The average Bonchev–Trinajstić information content (AvgIpc) is 3.07. The molecule has 2 aromatic rings. The molecule has 0 saturated carbocycles. The van der Waals surface area contributed by atoms with Crippen molar-refractivity contribution in [2.75, 3.05) is 32.7 Å². The summed E-state index contributed by atoms with van der Waals surface area (Å²) in [5, 5.41) is 2.87. The quantitative estimate of drug-likeness (QED) is 0.848. The van der Waals surface area contributed by atoms with Crippen molar-refractivity contribution >= 4 is 11.8 Å². The zero-order valence-corrected chi connectivity index (χ0v) is 18.1. The summed E-state index contributed by atoms with van der Waals surface area (Å²) >= 11 is 0. The summed E-state index contributed by atoms with van der Waals surface area (Å²) in [4.78, 5) is 29.0. The number of fused-ring (bicyclic) bond motifs is 3. The van der Waals surface area contributed by atoms with Gasteiger partial charge in [-0.25, -0.2) is 0 Å². The van der Waals surface area contributed by atoms with E-state index in [-0.39, 0.29) is 17.9 Å². The standard InChI is InChI=1S/C25H31N3O2/c1-25(2,3)24(30)26-13-12-22(29)27-14-16-28(17-15-27)23-20-10-6-4-8-18(20)19-9-5-7-11-21(19)23/h4-11,23H,12-17H2,1-3H3,(H,26,30). The van der Waals surface area contributed by atoms with Crippen molar-refractivity contribution in [2.24, 2.45) is 5.41 Å². The van der Waals surface area contributed by atoms with E-state index in [1.54, 1.807) is 0 Å². The second kappa shape index (κ2) is 8.23. The molecule has 1 aliphatic carbocycles. The van der Waals surface area contributed by atoms with Gasteiger partial charge in [0.25, 0.3) is 0 Å². The summed E-state index contributed by atoms with van der Waals surface area (Å²) in [5.41, 5.74) is 4.95. The summed E-state index contributed by atoms with van der Waals surface area (Å²) in [5.74, 6) is 0.106. The number of piperazine rings is 1. The summed E-state index contributed by atoms with van der Waals surface area (Å²) in [7, 11) is 0. The normalized spacial score (nSPS) is 16.8. The van der Waals surface area contributed by atoms with Crippen LogP contribution in [0.25, 0.3) is 11.1 Å². The van der Waals surface area contributed by atoms with Gasteiger partial charge in [0.2, 0.25) is 11.8 Å². The Morgan fingerprint density at radius 3 is 1.97 bits per heavy atom. The van der Waals surface area contributed by atoms with Gasteiger partial charge in [-0.2, -0.15) is 0 Å². The molecule has 2 amide bonds. The Balaban J connectivity index is 1.36. The lowest BCUT2D eigenvalue weighted by Crippen LogP contribution is -2.50. The molecule has 5 nitrogen and oxygen atoms in total. The fourth-order valence-corrected chi connectivity index (χ4v) is 4.46. The molecule has 1 saturated heterocycles. The van der Waals surface area contributed by atoms with Crippen LogP contribution in [0.4, 0.5) is 0 Å². The van der Waals surface area contributed by atoms with Gasteiger partial charge in [-0.1, -0.05) is 69.3 Å². The second-order valence-electron chi connectivity index (χ2n) is 9.25. The molecule has 0 aromatic heterocycles. The molecular formula is C25H31N3O2. The van der Waals surface area contributed by atoms with E-state index in [2.05, 4.69) is 58.7 Å². The van der Waals surface area contributed by atoms with Gasteiger partial charge < -0.3 is 10.2 Å². The molecule has 1 N–H and O–H groups in total. The largest absolute Gasteiger partial charge is 0.355 e. The van der Waals surface area contributed by atoms with Crippen LogP contribution in [-0.4, -0.2) is 54.3 Å². The smallest absolute Gasteiger partial charge is 0.225 e. The first-order valence-corrected chi connectivity index (χ1v) is 10.8. The van der Waals surface area contributed by atoms with Crippen molar-refractivity contribution in [3.05, 3.63) is 59.7 Å². The summed E-state index contributed by atoms with van der Waals surface area (Å²) in [6, 6.07) is 17.6. The molecule has 0 atom stereocenters. The van der Waals surface area contributed by atoms with E-state index in [0.29, 0.717) is 13.0 Å². The Hall–Kier alpha value is -2.66. The Morgan fingerprint density at radius 1 is 0.900 bits per heavy atom. The number of nitrogens with one attached hydrogen (secondary N) is 1. The third-order valence-corrected chi connectivity index (χ3v) is 6.14. The predicted molar refractivity (Wildman–Crippen MR) is 119 cm³/mol. The first kappa shape index (κ1) is 20.6. The number of benzene rings is 2. The third-order valence-electron chi connectivity index (χ3n) is 6.14. The minimum absolute atomic E-state index is 0.0151. The Bertz CT molecular complexity index is 894. The fourth-order valence-electron chi connectivity index (χ4n) is 4.46. The molecule has 1 fully saturated rings. The van der Waals surface area contributed by atoms with E-state index in [1.165, 1.54) is 22.3 Å². The Labute approximate surface area is 179 Å². The lowest BCUT2D eigenvalue weighted by molar-refractivity contribution is -0.133. The second-order valence-corrected chi connectivity index (χ2v) is 9.25. The molecule has 0 radical (unpaired) electrons. The molecule has 0 unspecified atom stereocenters. The van der Waals surface area contributed by atoms with E-state index < -0.39 is 5.41 Å². The van der Waals surface area contributed by atoms with Gasteiger partial charge in [-0.15, -0.1) is 0 Å². The number of amides is 2. The van der Waals surface area contributed by atoms with Crippen LogP contribution < -0.4 is 5.32 Å². The highest BCUT2D eigenvalue weighted by Gasteiger charge is 2.34. The van der Waals surface area contributed by atoms with Gasteiger partial charge in [0, 0.05) is 44.6 Å². The van der Waals surface area contributed by atoms with Crippen molar-refractivity contribution in [1.82, 2.24) is 15.1 Å². The zero-order chi connectivity index (χ0) is 21.3. The van der Waals surface area contributed by atoms with E-state index >= 15 is 0 Å². The van der Waals surface area contributed by atoms with Crippen LogP contribution >= 0.6 is 0 Å². The molecule has 5 heteroatoms. The lowest BCUT2D eigenvalue weighted by Gasteiger charge is -2.38. The monoisotopic (exact) mass is 405 g/mol. The maximum atomic E-state index is 12.6. The lowest BCUT2D eigenvalue weighted by atomic mass is 9.96. The van der Waals surface area contributed by atoms with E-state index in [0.717, 1.165) is 26.2 Å². The first-order chi connectivity index (χ1) is 14.4. The topological polar surface area (TPSA) is 52.7 Å². The zero-order valence-electron chi connectivity index (χ0n) is 18.1. The minimum Gasteiger partial charge on any atom is -0.355 e. The molecule has 0 bridgehead atoms. The van der Waals surface area contributed by atoms with Gasteiger partial charge in [-0.05, 0) is 22.3 Å². The van der Waals surface area contributed by atoms with Crippen LogP contribution in [0.5, 0.6) is 0 Å². The number of carbonyl (C=O) groups excluding carboxylic acids is 2. The van der Waals surface area contributed by atoms with Crippen molar-refractivity contribution in [3.63, 3.8) is 0 Å². The average molecular weight is 406 g/mol. The van der Waals surface area contributed by atoms with Crippen LogP contribution in [0.3, 0.4) is 0 Å². The number of rotatable bonds is 4. The summed E-state index contributed by atoms with van der Waals surface area (Å²) in [6.07, 6.45) is 0.358. The molecule has 2 aliphatic rings. The molecule has 1 aliphatic heterocycles. The highest BCUT2D eigenvalue weighted by Crippen LogP contribution is 2.46. The Morgan fingerprint density at radius 2 is 1.43 bits per heavy atom. The van der Waals surface area contributed by atoms with Gasteiger partial charge in [-0.3, -0.25) is 14.5 Å². The SMILES string of the molecule is CC(C)(C)C(=O)NCCC(=O)N1CCN(C2c3ccccc3-c3ccccc32)CC1. The number of carbonyl (C=O) groups is 2. The number of hydrogen-bond donors (Lipinski definition) is 1. The molecule has 30 heavy (non-hydrogen) atoms. The molecular weight excluding hydrogens is 374 g/mol. The molecule has 0 spiro atoms. The maximum absolute atomic E-state index is 12.6. The van der Waals surface area contributed by atoms with Gasteiger partial charge in [0.05, 0.1) is 6.04 Å². The number of hydrogen-bond acceptors (Lipinski definition) is 3. The maximum Gasteiger partial charge on any atom is 0.225 e. The van der Waals surface area contributed by atoms with Gasteiger partial charge >= 0.3 is 0 Å². The number of nitrogens with zero attached hydrogens (tertiary/aromatic N) is 2. The highest BCUT2D eigenvalue weighted by atomic mass is 16.2. The minimum atomic E-state index is -0.428. The Kier molecular flexibility index (Phi) is 5.65. The molecule has 1 heterocycles. The molecule has 158 valence electrons. The van der Waals surface area contributed by atoms with E-state index in [9.17, 15) is 9.59 Å². The summed E-state index contributed by atoms with van der Waals surface area (Å²) in [6.45, 7) is 9.20. The van der Waals surface area contributed by atoms with E-state index in [1.807, 2.05) is 25.7 Å². The summed E-state index contributed by atoms with van der Waals surface area (Å²) < 4.78 is 0. The van der Waals surface area contributed by atoms with Gasteiger partial charge in [0.1, 0.15) is 0 Å².